The summed E-state index contributed by atoms with van der Waals surface area (Å²) in [4.78, 5) is 51.9. The molecule has 0 atom stereocenters. The van der Waals surface area contributed by atoms with Crippen LogP contribution >= 0.6 is 12.0 Å². The Morgan fingerprint density at radius 3 is 2.13 bits per heavy atom. The van der Waals surface area contributed by atoms with Gasteiger partial charge in [-0.3, -0.25) is 19.7 Å². The number of hydrogen-bond donors (Lipinski definition) is 1. The van der Waals surface area contributed by atoms with Gasteiger partial charge in [-0.15, -0.1) is 0 Å². The molecule has 0 radical (unpaired) electrons. The quantitative estimate of drug-likeness (QED) is 0.0352. The number of allylic oxidation sites excluding steroid dienone is 2. The second-order valence-corrected chi connectivity index (χ2v) is 10.8. The molecule has 2 aromatic carbocycles. The van der Waals surface area contributed by atoms with E-state index in [0.29, 0.717) is 16.9 Å². The number of carbonyl (C=O) groups is 3. The van der Waals surface area contributed by atoms with Crippen molar-refractivity contribution in [1.82, 2.24) is 9.78 Å². The predicted octanol–water partition coefficient (Wildman–Crippen LogP) is -4.61. The van der Waals surface area contributed by atoms with Crippen molar-refractivity contribution in [2.24, 2.45) is 5.10 Å². The van der Waals surface area contributed by atoms with Crippen molar-refractivity contribution in [2.45, 2.75) is 23.6 Å². The number of anilines is 1. The van der Waals surface area contributed by atoms with Crippen molar-refractivity contribution < 1.29 is 154 Å². The van der Waals surface area contributed by atoms with Crippen LogP contribution in [-0.4, -0.2) is 59.5 Å². The van der Waals surface area contributed by atoms with E-state index in [1.54, 1.807) is 13.8 Å². The number of carbonyl (C=O) groups excluding carboxylic acids is 3. The summed E-state index contributed by atoms with van der Waals surface area (Å²) in [6, 6.07) is 10.4. The van der Waals surface area contributed by atoms with Crippen LogP contribution < -0.4 is 119 Å². The van der Waals surface area contributed by atoms with Crippen LogP contribution in [0.2, 0.25) is 0 Å². The van der Waals surface area contributed by atoms with Crippen LogP contribution in [0, 0.1) is 0 Å². The van der Waals surface area contributed by atoms with Crippen LogP contribution in [0.3, 0.4) is 0 Å². The number of H-pyrrole nitrogens is 1. The molecule has 0 bridgehead atoms. The largest absolute Gasteiger partial charge is 1.00 e. The Labute approximate surface area is 356 Å². The third kappa shape index (κ3) is 10.2. The molecule has 2 heterocycles. The van der Waals surface area contributed by atoms with Gasteiger partial charge in [-0.05, 0) is 74.5 Å². The van der Waals surface area contributed by atoms with Gasteiger partial charge in [-0.1, -0.05) is 6.08 Å². The molecule has 1 aromatic heterocycles. The molecular formula is C27H22K2N4O12S2. The second-order valence-electron chi connectivity index (χ2n) is 8.65. The second kappa shape index (κ2) is 19.0. The first-order valence-corrected chi connectivity index (χ1v) is 15.0. The number of nitrogens with one attached hydrogen (secondary N) is 1. The van der Waals surface area contributed by atoms with Crippen LogP contribution in [0.15, 0.2) is 85.9 Å². The van der Waals surface area contributed by atoms with Gasteiger partial charge in [0, 0.05) is 4.90 Å². The first kappa shape index (κ1) is 41.6. The van der Waals surface area contributed by atoms with Crippen molar-refractivity contribution in [3.8, 4) is 5.69 Å². The zero-order chi connectivity index (χ0) is 32.7. The van der Waals surface area contributed by atoms with Crippen LogP contribution in [0.25, 0.3) is 11.8 Å². The van der Waals surface area contributed by atoms with Crippen molar-refractivity contribution >= 4 is 57.5 Å². The summed E-state index contributed by atoms with van der Waals surface area (Å²) >= 11 is 0.635. The van der Waals surface area contributed by atoms with E-state index in [9.17, 15) is 37.4 Å². The van der Waals surface area contributed by atoms with E-state index in [0.717, 1.165) is 21.8 Å². The summed E-state index contributed by atoms with van der Waals surface area (Å²) < 4.78 is 49.1. The van der Waals surface area contributed by atoms with E-state index >= 15 is 0 Å². The van der Waals surface area contributed by atoms with Gasteiger partial charge in [0.25, 0.3) is 11.5 Å². The van der Waals surface area contributed by atoms with Gasteiger partial charge < -0.3 is 19.3 Å². The van der Waals surface area contributed by atoms with Crippen molar-refractivity contribution in [2.75, 3.05) is 18.2 Å². The molecule has 0 saturated carbocycles. The average Bonchev–Trinajstić information content (AvgIpc) is 3.52. The number of nitrogens with zero attached hydrogens (tertiary/aromatic N) is 3. The number of aromatic amines is 1. The van der Waals surface area contributed by atoms with Crippen LogP contribution in [0.5, 0.6) is 0 Å². The molecule has 1 aliphatic rings. The number of aromatic nitrogens is 2. The van der Waals surface area contributed by atoms with E-state index in [1.165, 1.54) is 54.6 Å². The van der Waals surface area contributed by atoms with Gasteiger partial charge in [0.15, 0.2) is 11.4 Å². The zero-order valence-electron chi connectivity index (χ0n) is 25.3. The molecule has 1 N–H and O–H groups in total. The maximum Gasteiger partial charge on any atom is 1.00 e. The summed E-state index contributed by atoms with van der Waals surface area (Å²) in [5.74, 6) is -2.49. The van der Waals surface area contributed by atoms with Gasteiger partial charge in [-0.2, -0.15) is 14.4 Å². The van der Waals surface area contributed by atoms with Gasteiger partial charge in [0.2, 0.25) is 0 Å². The number of rotatable bonds is 12. The molecule has 236 valence electrons. The molecule has 1 aliphatic heterocycles. The third-order valence-electron chi connectivity index (χ3n) is 5.90. The zero-order valence-corrected chi connectivity index (χ0v) is 33.2. The molecular weight excluding hydrogens is 715 g/mol. The van der Waals surface area contributed by atoms with Gasteiger partial charge >= 0.3 is 115 Å². The number of esters is 2. The summed E-state index contributed by atoms with van der Waals surface area (Å²) in [6.45, 7) is 3.11. The van der Waals surface area contributed by atoms with Crippen molar-refractivity contribution in [3.05, 3.63) is 87.9 Å². The first-order chi connectivity index (χ1) is 21.5. The topological polar surface area (TPSA) is 222 Å². The van der Waals surface area contributed by atoms with E-state index in [4.69, 9.17) is 9.47 Å². The molecule has 0 spiro atoms. The van der Waals surface area contributed by atoms with Crippen LogP contribution in [-0.2, 0) is 38.6 Å². The molecule has 47 heavy (non-hydrogen) atoms. The summed E-state index contributed by atoms with van der Waals surface area (Å²) in [7, 11) is -4.74. The fourth-order valence-corrected chi connectivity index (χ4v) is 4.76. The van der Waals surface area contributed by atoms with E-state index in [1.807, 2.05) is 0 Å². The predicted molar refractivity (Wildman–Crippen MR) is 153 cm³/mol. The van der Waals surface area contributed by atoms with Gasteiger partial charge in [0.05, 0.1) is 52.7 Å². The number of ether oxygens (including phenoxy) is 2. The van der Waals surface area contributed by atoms with Crippen LogP contribution in [0.4, 0.5) is 5.69 Å². The molecule has 0 unspecified atom stereocenters. The number of hydrogen-bond acceptors (Lipinski definition) is 14. The number of amides is 1. The molecule has 20 heteroatoms. The molecule has 3 aromatic rings. The first-order valence-electron chi connectivity index (χ1n) is 12.8. The molecule has 4 rings (SSSR count). The average molecular weight is 737 g/mol. The maximum atomic E-state index is 13.3. The monoisotopic (exact) mass is 736 g/mol. The smallest absolute Gasteiger partial charge is 0.744 e. The minimum Gasteiger partial charge on any atom is -0.744 e. The summed E-state index contributed by atoms with van der Waals surface area (Å²) in [5.41, 5.74) is -1.36. The minimum atomic E-state index is -4.74. The third-order valence-corrected chi connectivity index (χ3v) is 7.34. The van der Waals surface area contributed by atoms with E-state index < -0.39 is 38.4 Å². The SMILES string of the molecule is CCOC(=O)C1=NN(c2ccc(SOO[O-])cc2)C(=O)/C1=C/C=C/c1c(C(=O)OCC)[nH]n(-c2ccc(S(=O)(=O)[O-])cc2)c1=O.[K+].[K+]. The Morgan fingerprint density at radius 2 is 1.55 bits per heavy atom. The molecule has 16 nitrogen and oxygen atoms in total. The van der Waals surface area contributed by atoms with Gasteiger partial charge in [0.1, 0.15) is 10.1 Å². The normalized spacial score (nSPS) is 13.7. The van der Waals surface area contributed by atoms with Crippen molar-refractivity contribution in [1.29, 1.82) is 0 Å². The number of hydrazone groups is 1. The Hall–Kier alpha value is -1.58. The Morgan fingerprint density at radius 1 is 0.957 bits per heavy atom. The fraction of sp³-hybridized carbons (Fsp3) is 0.148. The summed E-state index contributed by atoms with van der Waals surface area (Å²) in [5, 5.41) is 21.0. The molecule has 0 fully saturated rings. The molecule has 1 amide bonds. The van der Waals surface area contributed by atoms with E-state index in [2.05, 4.69) is 19.6 Å². The Bertz CT molecular complexity index is 1870. The molecule has 0 aliphatic carbocycles. The summed E-state index contributed by atoms with van der Waals surface area (Å²) in [6.07, 6.45) is 3.66. The Balaban J connectivity index is 0.00000384. The van der Waals surface area contributed by atoms with Crippen LogP contribution in [0.1, 0.15) is 29.9 Å². The van der Waals surface area contributed by atoms with E-state index in [-0.39, 0.29) is 150 Å². The number of benzene rings is 2. The fourth-order valence-electron chi connectivity index (χ4n) is 3.93. The van der Waals surface area contributed by atoms with Crippen molar-refractivity contribution in [3.63, 3.8) is 0 Å². The maximum absolute atomic E-state index is 13.3. The van der Waals surface area contributed by atoms with Gasteiger partial charge in [-0.25, -0.2) is 22.7 Å². The standard InChI is InChI=1S/C27H24N4O12S2.2K/c1-3-40-26(34)22-20(24(32)30(28-22)16-8-12-18(13-9-16)44-43-42-36)6-5-7-21-23(27(35)41-4-2)29-31(25(21)33)17-10-14-19(15-11-17)45(37,38)39;;/h5-15,29,36H,3-4H2,1-2H3,(H,37,38,39);;/q;2*+1/p-2/b7-5+,20-6+;;. The molecule has 0 saturated heterocycles. The minimum absolute atomic E-state index is 0. The Kier molecular flexibility index (Phi) is 16.8.